The lowest BCUT2D eigenvalue weighted by Gasteiger charge is -2.08. The van der Waals surface area contributed by atoms with E-state index in [4.69, 9.17) is 14.4 Å². The first-order valence-corrected chi connectivity index (χ1v) is 7.74. The predicted molar refractivity (Wildman–Crippen MR) is 94.8 cm³/mol. The fourth-order valence-corrected chi connectivity index (χ4v) is 2.11. The summed E-state index contributed by atoms with van der Waals surface area (Å²) in [6.45, 7) is 1.69. The Kier molecular flexibility index (Phi) is 6.41. The molecule has 6 heteroatoms. The minimum Gasteiger partial charge on any atom is -0.497 e. The van der Waals surface area contributed by atoms with Gasteiger partial charge in [0.2, 0.25) is 17.5 Å². The molecule has 1 N–H and O–H groups in total. The van der Waals surface area contributed by atoms with E-state index in [1.165, 1.54) is 0 Å². The van der Waals surface area contributed by atoms with E-state index >= 15 is 0 Å². The highest BCUT2D eigenvalue weighted by Gasteiger charge is 2.10. The number of ether oxygens (including phenoxy) is 1. The molecular formula is C18H22N4O2. The van der Waals surface area contributed by atoms with E-state index in [0.29, 0.717) is 11.8 Å². The third-order valence-corrected chi connectivity index (χ3v) is 3.33. The lowest BCUT2D eigenvalue weighted by molar-refractivity contribution is 0.404. The van der Waals surface area contributed by atoms with Gasteiger partial charge in [-0.3, -0.25) is 0 Å². The van der Waals surface area contributed by atoms with Crippen LogP contribution in [-0.4, -0.2) is 44.2 Å². The Balaban J connectivity index is 2.03. The second kappa shape index (κ2) is 8.75. The SMILES string of the molecule is COc1cccc(C=Cc2nc(C#N)c(NCCCN(C)C)o2)c1. The molecule has 0 aliphatic heterocycles. The first-order chi connectivity index (χ1) is 11.6. The summed E-state index contributed by atoms with van der Waals surface area (Å²) in [4.78, 5) is 6.29. The largest absolute Gasteiger partial charge is 0.497 e. The van der Waals surface area contributed by atoms with Crippen LogP contribution in [0.4, 0.5) is 5.88 Å². The molecule has 0 atom stereocenters. The number of oxazole rings is 1. The number of rotatable bonds is 8. The quantitative estimate of drug-likeness (QED) is 0.751. The van der Waals surface area contributed by atoms with Gasteiger partial charge in [0.1, 0.15) is 11.8 Å². The van der Waals surface area contributed by atoms with Crippen LogP contribution in [0.3, 0.4) is 0 Å². The number of benzene rings is 1. The first-order valence-electron chi connectivity index (χ1n) is 7.74. The summed E-state index contributed by atoms with van der Waals surface area (Å²) in [7, 11) is 5.68. The van der Waals surface area contributed by atoms with Crippen LogP contribution in [0.5, 0.6) is 5.75 Å². The zero-order chi connectivity index (χ0) is 17.4. The minimum absolute atomic E-state index is 0.269. The summed E-state index contributed by atoms with van der Waals surface area (Å²) in [6, 6.07) is 9.70. The molecule has 126 valence electrons. The van der Waals surface area contributed by atoms with Gasteiger partial charge in [-0.2, -0.15) is 10.2 Å². The molecule has 0 spiro atoms. The normalized spacial score (nSPS) is 11.0. The Morgan fingerprint density at radius 2 is 2.21 bits per heavy atom. The summed E-state index contributed by atoms with van der Waals surface area (Å²) in [5, 5.41) is 12.3. The molecular weight excluding hydrogens is 304 g/mol. The van der Waals surface area contributed by atoms with Crippen LogP contribution >= 0.6 is 0 Å². The van der Waals surface area contributed by atoms with Crippen molar-refractivity contribution in [2.75, 3.05) is 39.6 Å². The third-order valence-electron chi connectivity index (χ3n) is 3.33. The fraction of sp³-hybridized carbons (Fsp3) is 0.333. The highest BCUT2D eigenvalue weighted by molar-refractivity contribution is 5.67. The zero-order valence-electron chi connectivity index (χ0n) is 14.2. The molecule has 2 aromatic rings. The van der Waals surface area contributed by atoms with Gasteiger partial charge in [-0.25, -0.2) is 0 Å². The molecule has 0 saturated heterocycles. The van der Waals surface area contributed by atoms with Gasteiger partial charge >= 0.3 is 0 Å². The summed E-state index contributed by atoms with van der Waals surface area (Å²) < 4.78 is 10.8. The number of hydrogen-bond donors (Lipinski definition) is 1. The highest BCUT2D eigenvalue weighted by atomic mass is 16.5. The molecule has 24 heavy (non-hydrogen) atoms. The van der Waals surface area contributed by atoms with Gasteiger partial charge in [-0.15, -0.1) is 0 Å². The number of aromatic nitrogens is 1. The second-order valence-corrected chi connectivity index (χ2v) is 5.54. The summed E-state index contributed by atoms with van der Waals surface area (Å²) >= 11 is 0. The van der Waals surface area contributed by atoms with E-state index in [-0.39, 0.29) is 5.69 Å². The molecule has 0 saturated carbocycles. The molecule has 1 aromatic heterocycles. The van der Waals surface area contributed by atoms with Gasteiger partial charge in [0.15, 0.2) is 0 Å². The molecule has 0 aliphatic rings. The Morgan fingerprint density at radius 1 is 1.38 bits per heavy atom. The zero-order valence-corrected chi connectivity index (χ0v) is 14.2. The molecule has 1 aromatic carbocycles. The van der Waals surface area contributed by atoms with Crippen molar-refractivity contribution in [2.24, 2.45) is 0 Å². The Morgan fingerprint density at radius 3 is 2.92 bits per heavy atom. The number of nitrogens with zero attached hydrogens (tertiary/aromatic N) is 3. The van der Waals surface area contributed by atoms with Gasteiger partial charge < -0.3 is 19.4 Å². The smallest absolute Gasteiger partial charge is 0.232 e. The molecule has 1 heterocycles. The molecule has 0 bridgehead atoms. The second-order valence-electron chi connectivity index (χ2n) is 5.54. The van der Waals surface area contributed by atoms with Crippen molar-refractivity contribution in [3.05, 3.63) is 41.4 Å². The lowest BCUT2D eigenvalue weighted by atomic mass is 10.2. The van der Waals surface area contributed by atoms with Gasteiger partial charge in [0.05, 0.1) is 7.11 Å². The average molecular weight is 326 g/mol. The summed E-state index contributed by atoms with van der Waals surface area (Å²) in [5.41, 5.74) is 1.23. The van der Waals surface area contributed by atoms with Crippen LogP contribution in [0.1, 0.15) is 23.6 Å². The molecule has 0 radical (unpaired) electrons. The molecule has 0 aliphatic carbocycles. The van der Waals surface area contributed by atoms with Gasteiger partial charge in [0, 0.05) is 12.6 Å². The Bertz CT molecular complexity index is 729. The van der Waals surface area contributed by atoms with Crippen molar-refractivity contribution in [1.29, 1.82) is 5.26 Å². The van der Waals surface area contributed by atoms with Crippen molar-refractivity contribution in [2.45, 2.75) is 6.42 Å². The number of anilines is 1. The predicted octanol–water partition coefficient (Wildman–Crippen LogP) is 3.09. The van der Waals surface area contributed by atoms with Crippen LogP contribution in [0.15, 0.2) is 28.7 Å². The third kappa shape index (κ3) is 5.14. The summed E-state index contributed by atoms with van der Waals surface area (Å²) in [6.07, 6.45) is 4.56. The molecule has 2 rings (SSSR count). The van der Waals surface area contributed by atoms with Crippen molar-refractivity contribution in [3.63, 3.8) is 0 Å². The number of nitriles is 1. The Hall–Kier alpha value is -2.78. The number of nitrogens with one attached hydrogen (secondary N) is 1. The summed E-state index contributed by atoms with van der Waals surface area (Å²) in [5.74, 6) is 1.59. The van der Waals surface area contributed by atoms with E-state index < -0.39 is 0 Å². The average Bonchev–Trinajstić information content (AvgIpc) is 2.99. The molecule has 0 unspecified atom stereocenters. The topological polar surface area (TPSA) is 74.3 Å². The number of methoxy groups -OCH3 is 1. The van der Waals surface area contributed by atoms with E-state index in [1.54, 1.807) is 13.2 Å². The van der Waals surface area contributed by atoms with Gasteiger partial charge in [0.25, 0.3) is 0 Å². The van der Waals surface area contributed by atoms with Crippen LogP contribution in [0.2, 0.25) is 0 Å². The highest BCUT2D eigenvalue weighted by Crippen LogP contribution is 2.19. The van der Waals surface area contributed by atoms with E-state index in [0.717, 1.165) is 30.8 Å². The van der Waals surface area contributed by atoms with E-state index in [1.807, 2.05) is 44.4 Å². The monoisotopic (exact) mass is 326 g/mol. The van der Waals surface area contributed by atoms with Crippen LogP contribution in [0.25, 0.3) is 12.2 Å². The Labute approximate surface area is 142 Å². The maximum absolute atomic E-state index is 9.17. The van der Waals surface area contributed by atoms with Crippen molar-refractivity contribution < 1.29 is 9.15 Å². The molecule has 0 amide bonds. The molecule has 6 nitrogen and oxygen atoms in total. The first kappa shape index (κ1) is 17.6. The molecule has 0 fully saturated rings. The van der Waals surface area contributed by atoms with Crippen LogP contribution in [0, 0.1) is 11.3 Å². The van der Waals surface area contributed by atoms with E-state index in [9.17, 15) is 0 Å². The van der Waals surface area contributed by atoms with Crippen molar-refractivity contribution in [3.8, 4) is 11.8 Å². The van der Waals surface area contributed by atoms with E-state index in [2.05, 4.69) is 21.3 Å². The van der Waals surface area contributed by atoms with Gasteiger partial charge in [-0.1, -0.05) is 12.1 Å². The lowest BCUT2D eigenvalue weighted by Crippen LogP contribution is -2.16. The van der Waals surface area contributed by atoms with Gasteiger partial charge in [-0.05, 0) is 50.8 Å². The minimum atomic E-state index is 0.269. The fourth-order valence-electron chi connectivity index (χ4n) is 2.11. The maximum Gasteiger partial charge on any atom is 0.232 e. The van der Waals surface area contributed by atoms with Crippen LogP contribution < -0.4 is 10.1 Å². The van der Waals surface area contributed by atoms with Crippen LogP contribution in [-0.2, 0) is 0 Å². The maximum atomic E-state index is 9.17. The standard InChI is InChI=1S/C18H22N4O2/c1-22(2)11-5-10-20-18-16(13-19)21-17(24-18)9-8-14-6-4-7-15(12-14)23-3/h4,6-9,12,20H,5,10-11H2,1-3H3. The van der Waals surface area contributed by atoms with Crippen molar-refractivity contribution >= 4 is 18.0 Å². The number of hydrogen-bond acceptors (Lipinski definition) is 6. The van der Waals surface area contributed by atoms with Crippen molar-refractivity contribution in [1.82, 2.24) is 9.88 Å².